The summed E-state index contributed by atoms with van der Waals surface area (Å²) in [5.74, 6) is -1.28. The number of nitrogens with one attached hydrogen (secondary N) is 2. The highest BCUT2D eigenvalue weighted by Gasteiger charge is 2.20. The molecule has 0 spiro atoms. The molecular weight excluding hydrogens is 292 g/mol. The maximum absolute atomic E-state index is 11.8. The molecule has 0 saturated heterocycles. The van der Waals surface area contributed by atoms with E-state index in [4.69, 9.17) is 11.6 Å². The highest BCUT2D eigenvalue weighted by Crippen LogP contribution is 2.24. The molecule has 1 aromatic carbocycles. The summed E-state index contributed by atoms with van der Waals surface area (Å²) in [5.41, 5.74) is 1.20. The van der Waals surface area contributed by atoms with Crippen LogP contribution in [-0.2, 0) is 9.59 Å². The lowest BCUT2D eigenvalue weighted by molar-refractivity contribution is -0.136. The molecule has 21 heavy (non-hydrogen) atoms. The van der Waals surface area contributed by atoms with E-state index in [1.807, 2.05) is 26.8 Å². The minimum atomic E-state index is -0.801. The van der Waals surface area contributed by atoms with E-state index in [0.717, 1.165) is 5.56 Å². The van der Waals surface area contributed by atoms with Crippen molar-refractivity contribution in [1.82, 2.24) is 5.32 Å². The van der Waals surface area contributed by atoms with Gasteiger partial charge in [0.1, 0.15) is 0 Å². The van der Waals surface area contributed by atoms with Crippen molar-refractivity contribution in [3.05, 3.63) is 28.8 Å². The molecule has 1 atom stereocenters. The predicted molar refractivity (Wildman–Crippen MR) is 83.3 cm³/mol. The summed E-state index contributed by atoms with van der Waals surface area (Å²) in [6, 6.07) is 4.74. The second kappa shape index (κ2) is 8.00. The number of aliphatic hydroxyl groups excluding tert-OH is 1. The van der Waals surface area contributed by atoms with Gasteiger partial charge in [-0.3, -0.25) is 9.59 Å². The highest BCUT2D eigenvalue weighted by molar-refractivity contribution is 6.41. The van der Waals surface area contributed by atoms with E-state index in [2.05, 4.69) is 10.6 Å². The molecule has 1 aromatic rings. The van der Waals surface area contributed by atoms with Crippen molar-refractivity contribution in [2.24, 2.45) is 5.92 Å². The average Bonchev–Trinajstić information content (AvgIpc) is 2.42. The minimum Gasteiger partial charge on any atom is -0.394 e. The molecule has 116 valence electrons. The van der Waals surface area contributed by atoms with Gasteiger partial charge in [0.2, 0.25) is 0 Å². The molecule has 0 fully saturated rings. The number of halogens is 1. The highest BCUT2D eigenvalue weighted by atomic mass is 35.5. The third kappa shape index (κ3) is 5.36. The molecule has 0 heterocycles. The number of carbonyl (C=O) groups is 2. The maximum atomic E-state index is 11.8. The van der Waals surface area contributed by atoms with E-state index in [-0.39, 0.29) is 6.61 Å². The van der Waals surface area contributed by atoms with Crippen molar-refractivity contribution in [3.8, 4) is 0 Å². The Morgan fingerprint density at radius 2 is 1.95 bits per heavy atom. The molecule has 0 saturated carbocycles. The summed E-state index contributed by atoms with van der Waals surface area (Å²) < 4.78 is 0. The smallest absolute Gasteiger partial charge is 0.313 e. The average molecular weight is 313 g/mol. The lowest BCUT2D eigenvalue weighted by Gasteiger charge is -2.18. The van der Waals surface area contributed by atoms with E-state index >= 15 is 0 Å². The predicted octanol–water partition coefficient (Wildman–Crippen LogP) is 2.11. The number of anilines is 1. The van der Waals surface area contributed by atoms with Crippen molar-refractivity contribution >= 4 is 29.1 Å². The van der Waals surface area contributed by atoms with E-state index in [0.29, 0.717) is 23.0 Å². The summed E-state index contributed by atoms with van der Waals surface area (Å²) in [4.78, 5) is 23.7. The lowest BCUT2D eigenvalue weighted by atomic mass is 10.0. The van der Waals surface area contributed by atoms with Crippen LogP contribution in [0.25, 0.3) is 0 Å². The van der Waals surface area contributed by atoms with Crippen LogP contribution < -0.4 is 10.6 Å². The molecular formula is C15H21ClN2O3. The first-order chi connectivity index (χ1) is 9.85. The zero-order chi connectivity index (χ0) is 16.0. The number of rotatable bonds is 5. The van der Waals surface area contributed by atoms with Crippen LogP contribution in [0.15, 0.2) is 18.2 Å². The molecule has 0 radical (unpaired) electrons. The quantitative estimate of drug-likeness (QED) is 0.729. The largest absolute Gasteiger partial charge is 0.394 e. The zero-order valence-corrected chi connectivity index (χ0v) is 13.2. The Bertz CT molecular complexity index is 518. The van der Waals surface area contributed by atoms with Crippen LogP contribution in [0.5, 0.6) is 0 Å². The summed E-state index contributed by atoms with van der Waals surface area (Å²) in [6.07, 6.45) is 0.598. The van der Waals surface area contributed by atoms with Gasteiger partial charge in [-0.15, -0.1) is 0 Å². The molecule has 6 heteroatoms. The van der Waals surface area contributed by atoms with E-state index in [1.165, 1.54) is 0 Å². The van der Waals surface area contributed by atoms with Crippen LogP contribution >= 0.6 is 11.6 Å². The standard InChI is InChI=1S/C15H21ClN2O3/c1-9(2)7-11(8-19)17-14(20)15(21)18-12-6-4-5-10(3)13(12)16/h4-6,9,11,19H,7-8H2,1-3H3,(H,17,20)(H,18,21). The number of carbonyl (C=O) groups excluding carboxylic acids is 2. The topological polar surface area (TPSA) is 78.4 Å². The first kappa shape index (κ1) is 17.5. The molecule has 0 aliphatic rings. The Hall–Kier alpha value is -1.59. The van der Waals surface area contributed by atoms with Gasteiger partial charge in [0.05, 0.1) is 23.4 Å². The number of amides is 2. The normalized spacial score (nSPS) is 12.1. The van der Waals surface area contributed by atoms with Gasteiger partial charge >= 0.3 is 11.8 Å². The minimum absolute atomic E-state index is 0.206. The number of benzene rings is 1. The fraction of sp³-hybridized carbons (Fsp3) is 0.467. The van der Waals surface area contributed by atoms with Gasteiger partial charge in [-0.2, -0.15) is 0 Å². The number of aliphatic hydroxyl groups is 1. The fourth-order valence-electron chi connectivity index (χ4n) is 1.92. The van der Waals surface area contributed by atoms with E-state index < -0.39 is 17.9 Å². The van der Waals surface area contributed by atoms with Gasteiger partial charge in [0.25, 0.3) is 0 Å². The van der Waals surface area contributed by atoms with Crippen LogP contribution in [0.3, 0.4) is 0 Å². The Morgan fingerprint density at radius 3 is 2.52 bits per heavy atom. The Balaban J connectivity index is 2.66. The van der Waals surface area contributed by atoms with Gasteiger partial charge in [-0.1, -0.05) is 37.6 Å². The molecule has 0 aliphatic carbocycles. The van der Waals surface area contributed by atoms with Crippen LogP contribution in [0, 0.1) is 12.8 Å². The van der Waals surface area contributed by atoms with E-state index in [1.54, 1.807) is 12.1 Å². The molecule has 1 rings (SSSR count). The summed E-state index contributed by atoms with van der Waals surface area (Å²) in [5, 5.41) is 14.6. The molecule has 5 nitrogen and oxygen atoms in total. The van der Waals surface area contributed by atoms with Crippen molar-refractivity contribution in [3.63, 3.8) is 0 Å². The first-order valence-corrected chi connectivity index (χ1v) is 7.20. The Morgan fingerprint density at radius 1 is 1.29 bits per heavy atom. The molecule has 2 amide bonds. The maximum Gasteiger partial charge on any atom is 0.313 e. The number of hydrogen-bond donors (Lipinski definition) is 3. The second-order valence-corrected chi connectivity index (χ2v) is 5.75. The molecule has 0 bridgehead atoms. The SMILES string of the molecule is Cc1cccc(NC(=O)C(=O)NC(CO)CC(C)C)c1Cl. The van der Waals surface area contributed by atoms with Crippen LogP contribution in [0.1, 0.15) is 25.8 Å². The van der Waals surface area contributed by atoms with Crippen LogP contribution in [-0.4, -0.2) is 29.6 Å². The van der Waals surface area contributed by atoms with Gasteiger partial charge in [-0.05, 0) is 30.9 Å². The molecule has 0 aliphatic heterocycles. The molecule has 1 unspecified atom stereocenters. The Kier molecular flexibility index (Phi) is 6.65. The number of hydrogen-bond acceptors (Lipinski definition) is 3. The Labute approximate surface area is 129 Å². The van der Waals surface area contributed by atoms with Crippen LogP contribution in [0.2, 0.25) is 5.02 Å². The van der Waals surface area contributed by atoms with Crippen LogP contribution in [0.4, 0.5) is 5.69 Å². The molecule has 0 aromatic heterocycles. The van der Waals surface area contributed by atoms with Gasteiger partial charge in [-0.25, -0.2) is 0 Å². The summed E-state index contributed by atoms with van der Waals surface area (Å²) >= 11 is 6.06. The monoisotopic (exact) mass is 312 g/mol. The summed E-state index contributed by atoms with van der Waals surface area (Å²) in [7, 11) is 0. The van der Waals surface area contributed by atoms with Crippen molar-refractivity contribution in [1.29, 1.82) is 0 Å². The zero-order valence-electron chi connectivity index (χ0n) is 12.4. The molecule has 3 N–H and O–H groups in total. The van der Waals surface area contributed by atoms with Crippen molar-refractivity contribution < 1.29 is 14.7 Å². The van der Waals surface area contributed by atoms with Gasteiger partial charge in [0.15, 0.2) is 0 Å². The summed E-state index contributed by atoms with van der Waals surface area (Å²) in [6.45, 7) is 5.55. The van der Waals surface area contributed by atoms with Crippen molar-refractivity contribution in [2.45, 2.75) is 33.2 Å². The van der Waals surface area contributed by atoms with E-state index in [9.17, 15) is 14.7 Å². The van der Waals surface area contributed by atoms with Gasteiger partial charge in [0, 0.05) is 0 Å². The second-order valence-electron chi connectivity index (χ2n) is 5.37. The third-order valence-corrected chi connectivity index (χ3v) is 3.46. The van der Waals surface area contributed by atoms with Gasteiger partial charge < -0.3 is 15.7 Å². The van der Waals surface area contributed by atoms with Crippen molar-refractivity contribution in [2.75, 3.05) is 11.9 Å². The fourth-order valence-corrected chi connectivity index (χ4v) is 2.10. The number of aryl methyl sites for hydroxylation is 1. The lowest BCUT2D eigenvalue weighted by Crippen LogP contribution is -2.44. The first-order valence-electron chi connectivity index (χ1n) is 6.83. The third-order valence-electron chi connectivity index (χ3n) is 2.96.